The number of nitrogens with zero attached hydrogens (tertiary/aromatic N) is 2. The molecule has 1 amide bonds. The zero-order valence-corrected chi connectivity index (χ0v) is 19.7. The fourth-order valence-electron chi connectivity index (χ4n) is 3.84. The van der Waals surface area contributed by atoms with Crippen LogP contribution in [-0.2, 0) is 17.8 Å². The van der Waals surface area contributed by atoms with Crippen molar-refractivity contribution < 1.29 is 9.53 Å². The average Bonchev–Trinajstić information content (AvgIpc) is 3.15. The number of halogens is 1. The van der Waals surface area contributed by atoms with Crippen molar-refractivity contribution in [2.75, 3.05) is 13.2 Å². The van der Waals surface area contributed by atoms with E-state index in [-0.39, 0.29) is 12.5 Å². The van der Waals surface area contributed by atoms with Crippen LogP contribution in [-0.4, -0.2) is 28.6 Å². The Labute approximate surface area is 196 Å². The van der Waals surface area contributed by atoms with Crippen LogP contribution in [0.4, 0.5) is 0 Å². The van der Waals surface area contributed by atoms with E-state index in [1.54, 1.807) is 24.3 Å². The van der Waals surface area contributed by atoms with Gasteiger partial charge in [-0.05, 0) is 42.8 Å². The summed E-state index contributed by atoms with van der Waals surface area (Å²) in [6, 6.07) is 15.3. The van der Waals surface area contributed by atoms with Crippen molar-refractivity contribution >= 4 is 28.5 Å². The number of para-hydroxylation sites is 2. The van der Waals surface area contributed by atoms with E-state index < -0.39 is 0 Å². The minimum Gasteiger partial charge on any atom is -0.484 e. The summed E-state index contributed by atoms with van der Waals surface area (Å²) >= 11 is 5.87. The van der Waals surface area contributed by atoms with E-state index in [0.29, 0.717) is 23.7 Å². The van der Waals surface area contributed by atoms with Gasteiger partial charge in [0.05, 0.1) is 11.0 Å². The maximum Gasteiger partial charge on any atom is 0.257 e. The molecule has 3 aromatic rings. The largest absolute Gasteiger partial charge is 0.484 e. The number of rotatable bonds is 14. The molecule has 0 fully saturated rings. The van der Waals surface area contributed by atoms with Crippen LogP contribution in [0.3, 0.4) is 0 Å². The van der Waals surface area contributed by atoms with Gasteiger partial charge in [-0.1, -0.05) is 69.2 Å². The molecule has 0 saturated heterocycles. The van der Waals surface area contributed by atoms with Crippen LogP contribution < -0.4 is 10.1 Å². The van der Waals surface area contributed by atoms with Gasteiger partial charge in [0.2, 0.25) is 0 Å². The van der Waals surface area contributed by atoms with E-state index in [9.17, 15) is 4.79 Å². The number of carbonyl (C=O) groups excluding carboxylic acids is 1. The van der Waals surface area contributed by atoms with Gasteiger partial charge in [0.1, 0.15) is 11.6 Å². The summed E-state index contributed by atoms with van der Waals surface area (Å²) in [7, 11) is 0. The molecule has 2 aromatic carbocycles. The van der Waals surface area contributed by atoms with Gasteiger partial charge in [-0.3, -0.25) is 4.79 Å². The van der Waals surface area contributed by atoms with Gasteiger partial charge in [0.15, 0.2) is 6.61 Å². The van der Waals surface area contributed by atoms with Crippen molar-refractivity contribution in [3.63, 3.8) is 0 Å². The standard InChI is InChI=1S/C26H34ClN3O2/c1-2-3-4-5-6-7-10-19-30-24-12-9-8-11-23(24)29-25(30)17-18-28-26(31)20-32-22-15-13-21(27)14-16-22/h8-9,11-16H,2-7,10,17-20H2,1H3,(H,28,31). The first kappa shape index (κ1) is 24.1. The Morgan fingerprint density at radius 2 is 1.72 bits per heavy atom. The van der Waals surface area contributed by atoms with Crippen molar-refractivity contribution in [1.29, 1.82) is 0 Å². The first-order chi connectivity index (χ1) is 15.7. The monoisotopic (exact) mass is 455 g/mol. The number of imidazole rings is 1. The van der Waals surface area contributed by atoms with Crippen LogP contribution in [0.25, 0.3) is 11.0 Å². The second kappa shape index (κ2) is 13.1. The zero-order chi connectivity index (χ0) is 22.6. The number of benzene rings is 2. The quantitative estimate of drug-likeness (QED) is 0.295. The fraction of sp³-hybridized carbons (Fsp3) is 0.462. The van der Waals surface area contributed by atoms with Crippen LogP contribution in [0.15, 0.2) is 48.5 Å². The molecule has 1 heterocycles. The second-order valence-electron chi connectivity index (χ2n) is 8.13. The SMILES string of the molecule is CCCCCCCCCn1c(CCNC(=O)COc2ccc(Cl)cc2)nc2ccccc21. The molecule has 0 saturated carbocycles. The molecule has 0 bridgehead atoms. The molecule has 0 aliphatic heterocycles. The highest BCUT2D eigenvalue weighted by Gasteiger charge is 2.11. The summed E-state index contributed by atoms with van der Waals surface area (Å²) in [5, 5.41) is 3.58. The van der Waals surface area contributed by atoms with Crippen molar-refractivity contribution in [2.45, 2.75) is 64.8 Å². The molecule has 0 spiro atoms. The molecule has 0 radical (unpaired) electrons. The number of hydrogen-bond donors (Lipinski definition) is 1. The van der Waals surface area contributed by atoms with Crippen molar-refractivity contribution in [3.05, 3.63) is 59.4 Å². The minimum atomic E-state index is -0.144. The summed E-state index contributed by atoms with van der Waals surface area (Å²) in [6.45, 7) is 3.73. The Morgan fingerprint density at radius 3 is 2.50 bits per heavy atom. The minimum absolute atomic E-state index is 0.0178. The first-order valence-electron chi connectivity index (χ1n) is 11.8. The van der Waals surface area contributed by atoms with Gasteiger partial charge in [-0.15, -0.1) is 0 Å². The van der Waals surface area contributed by atoms with E-state index in [2.05, 4.69) is 35.0 Å². The highest BCUT2D eigenvalue weighted by Crippen LogP contribution is 2.18. The predicted molar refractivity (Wildman–Crippen MR) is 131 cm³/mol. The topological polar surface area (TPSA) is 56.2 Å². The lowest BCUT2D eigenvalue weighted by molar-refractivity contribution is -0.123. The number of nitrogens with one attached hydrogen (secondary N) is 1. The van der Waals surface area contributed by atoms with Gasteiger partial charge in [-0.25, -0.2) is 4.98 Å². The van der Waals surface area contributed by atoms with Crippen molar-refractivity contribution in [3.8, 4) is 5.75 Å². The first-order valence-corrected chi connectivity index (χ1v) is 12.1. The molecule has 1 aromatic heterocycles. The molecule has 172 valence electrons. The number of aromatic nitrogens is 2. The maximum absolute atomic E-state index is 12.2. The Bertz CT molecular complexity index is 969. The van der Waals surface area contributed by atoms with Crippen LogP contribution in [0.1, 0.15) is 57.7 Å². The zero-order valence-electron chi connectivity index (χ0n) is 19.0. The van der Waals surface area contributed by atoms with Crippen molar-refractivity contribution in [1.82, 2.24) is 14.9 Å². The summed E-state index contributed by atoms with van der Waals surface area (Å²) < 4.78 is 7.82. The van der Waals surface area contributed by atoms with Crippen LogP contribution in [0, 0.1) is 0 Å². The third kappa shape index (κ3) is 7.56. The number of carbonyl (C=O) groups is 1. The van der Waals surface area contributed by atoms with Gasteiger partial charge in [0.25, 0.3) is 5.91 Å². The number of aryl methyl sites for hydroxylation is 1. The van der Waals surface area contributed by atoms with E-state index >= 15 is 0 Å². The van der Waals surface area contributed by atoms with E-state index in [0.717, 1.165) is 24.3 Å². The second-order valence-corrected chi connectivity index (χ2v) is 8.57. The molecule has 5 nitrogen and oxygen atoms in total. The van der Waals surface area contributed by atoms with E-state index in [1.165, 1.54) is 44.0 Å². The lowest BCUT2D eigenvalue weighted by Gasteiger charge is -2.11. The molecule has 0 atom stereocenters. The molecule has 1 N–H and O–H groups in total. The molecule has 0 unspecified atom stereocenters. The lowest BCUT2D eigenvalue weighted by Crippen LogP contribution is -2.31. The van der Waals surface area contributed by atoms with Crippen LogP contribution in [0.5, 0.6) is 5.75 Å². The third-order valence-electron chi connectivity index (χ3n) is 5.57. The summed E-state index contributed by atoms with van der Waals surface area (Å²) in [6.07, 6.45) is 9.69. The van der Waals surface area contributed by atoms with Gasteiger partial charge < -0.3 is 14.6 Å². The number of amides is 1. The van der Waals surface area contributed by atoms with Crippen LogP contribution >= 0.6 is 11.6 Å². The van der Waals surface area contributed by atoms with Gasteiger partial charge in [-0.2, -0.15) is 0 Å². The molecule has 3 rings (SSSR count). The average molecular weight is 456 g/mol. The molecule has 6 heteroatoms. The molecule has 0 aliphatic rings. The van der Waals surface area contributed by atoms with E-state index in [1.807, 2.05) is 6.07 Å². The Morgan fingerprint density at radius 1 is 1.00 bits per heavy atom. The van der Waals surface area contributed by atoms with Crippen LogP contribution in [0.2, 0.25) is 5.02 Å². The normalized spacial score (nSPS) is 11.1. The Hall–Kier alpha value is -2.53. The van der Waals surface area contributed by atoms with Gasteiger partial charge in [0, 0.05) is 24.5 Å². The molecule has 0 aliphatic carbocycles. The smallest absolute Gasteiger partial charge is 0.257 e. The molecular weight excluding hydrogens is 422 g/mol. The van der Waals surface area contributed by atoms with Gasteiger partial charge >= 0.3 is 0 Å². The highest BCUT2D eigenvalue weighted by molar-refractivity contribution is 6.30. The number of hydrogen-bond acceptors (Lipinski definition) is 3. The highest BCUT2D eigenvalue weighted by atomic mass is 35.5. The fourth-order valence-corrected chi connectivity index (χ4v) is 3.96. The number of unbranched alkanes of at least 4 members (excludes halogenated alkanes) is 6. The summed E-state index contributed by atoms with van der Waals surface area (Å²) in [4.78, 5) is 17.0. The summed E-state index contributed by atoms with van der Waals surface area (Å²) in [5.41, 5.74) is 2.19. The number of ether oxygens (including phenoxy) is 1. The van der Waals surface area contributed by atoms with Crippen molar-refractivity contribution in [2.24, 2.45) is 0 Å². The molecule has 32 heavy (non-hydrogen) atoms. The number of fused-ring (bicyclic) bond motifs is 1. The molecular formula is C26H34ClN3O2. The third-order valence-corrected chi connectivity index (χ3v) is 5.83. The van der Waals surface area contributed by atoms with E-state index in [4.69, 9.17) is 21.3 Å². The Balaban J connectivity index is 1.47. The Kier molecular flexibility index (Phi) is 9.89. The predicted octanol–water partition coefficient (Wildman–Crippen LogP) is 6.18. The summed E-state index contributed by atoms with van der Waals surface area (Å²) in [5.74, 6) is 1.51. The maximum atomic E-state index is 12.2. The lowest BCUT2D eigenvalue weighted by atomic mass is 10.1.